The monoisotopic (exact) mass is 426 g/mol. The van der Waals surface area contributed by atoms with Crippen LogP contribution in [0.25, 0.3) is 10.2 Å². The number of nitrogens with zero attached hydrogens (tertiary/aromatic N) is 4. The highest BCUT2D eigenvalue weighted by molar-refractivity contribution is 7.18. The Morgan fingerprint density at radius 3 is 2.83 bits per heavy atom. The maximum atomic E-state index is 13.2. The summed E-state index contributed by atoms with van der Waals surface area (Å²) in [7, 11) is 0. The summed E-state index contributed by atoms with van der Waals surface area (Å²) < 4.78 is 0. The summed E-state index contributed by atoms with van der Waals surface area (Å²) in [5.74, 6) is 1.33. The topological polar surface area (TPSA) is 49.3 Å². The van der Waals surface area contributed by atoms with Gasteiger partial charge in [0.2, 0.25) is 5.91 Å². The average molecular weight is 427 g/mol. The van der Waals surface area contributed by atoms with Crippen LogP contribution < -0.4 is 4.90 Å². The van der Waals surface area contributed by atoms with Gasteiger partial charge in [-0.15, -0.1) is 29.3 Å². The zero-order valence-corrected chi connectivity index (χ0v) is 18.6. The Bertz CT molecular complexity index is 1000. The van der Waals surface area contributed by atoms with E-state index in [1.54, 1.807) is 29.0 Å². The summed E-state index contributed by atoms with van der Waals surface area (Å²) in [5, 5.41) is 3.23. The normalized spacial score (nSPS) is 15.0. The fourth-order valence-corrected chi connectivity index (χ4v) is 5.69. The SMILES string of the molecule is C=CCN(Cc1cccs1)C(=O)C1CCN(c2ncnc3sc(C)c(C)c23)CC1. The fourth-order valence-electron chi connectivity index (χ4n) is 3.98. The van der Waals surface area contributed by atoms with E-state index in [9.17, 15) is 4.79 Å². The van der Waals surface area contributed by atoms with E-state index in [1.807, 2.05) is 17.0 Å². The van der Waals surface area contributed by atoms with Crippen LogP contribution in [0.5, 0.6) is 0 Å². The second-order valence-corrected chi connectivity index (χ2v) is 9.74. The summed E-state index contributed by atoms with van der Waals surface area (Å²) in [6.45, 7) is 11.1. The van der Waals surface area contributed by atoms with Gasteiger partial charge in [-0.1, -0.05) is 12.1 Å². The summed E-state index contributed by atoms with van der Waals surface area (Å²) in [5.41, 5.74) is 1.27. The van der Waals surface area contributed by atoms with Crippen LogP contribution in [0.15, 0.2) is 36.5 Å². The van der Waals surface area contributed by atoms with Gasteiger partial charge >= 0.3 is 0 Å². The Hall–Kier alpha value is -2.25. The van der Waals surface area contributed by atoms with E-state index in [4.69, 9.17) is 0 Å². The first-order chi connectivity index (χ1) is 14.1. The number of amides is 1. The molecule has 4 heterocycles. The van der Waals surface area contributed by atoms with Crippen LogP contribution in [0.2, 0.25) is 0 Å². The van der Waals surface area contributed by atoms with Gasteiger partial charge in [-0.05, 0) is 43.7 Å². The Morgan fingerprint density at radius 1 is 1.34 bits per heavy atom. The molecule has 152 valence electrons. The molecule has 0 saturated carbocycles. The molecule has 1 aliphatic rings. The molecule has 0 aromatic carbocycles. The van der Waals surface area contributed by atoms with Gasteiger partial charge < -0.3 is 9.80 Å². The number of aryl methyl sites for hydroxylation is 2. The lowest BCUT2D eigenvalue weighted by atomic mass is 9.95. The Labute approximate surface area is 179 Å². The molecule has 0 atom stereocenters. The second-order valence-electron chi connectivity index (χ2n) is 7.51. The molecule has 0 aliphatic carbocycles. The number of fused-ring (bicyclic) bond motifs is 1. The molecule has 1 aliphatic heterocycles. The van der Waals surface area contributed by atoms with Gasteiger partial charge in [0.25, 0.3) is 0 Å². The van der Waals surface area contributed by atoms with Crippen molar-refractivity contribution >= 4 is 44.6 Å². The first-order valence-electron chi connectivity index (χ1n) is 9.96. The number of anilines is 1. The Balaban J connectivity index is 1.46. The van der Waals surface area contributed by atoms with Crippen molar-refractivity contribution in [2.24, 2.45) is 5.92 Å². The number of thiophene rings is 2. The number of aromatic nitrogens is 2. The molecule has 1 amide bonds. The number of carbonyl (C=O) groups excluding carboxylic acids is 1. The van der Waals surface area contributed by atoms with Crippen LogP contribution in [0, 0.1) is 19.8 Å². The van der Waals surface area contributed by atoms with Crippen molar-refractivity contribution in [1.82, 2.24) is 14.9 Å². The van der Waals surface area contributed by atoms with E-state index in [0.29, 0.717) is 13.1 Å². The summed E-state index contributed by atoms with van der Waals surface area (Å²) in [4.78, 5) is 30.0. The largest absolute Gasteiger partial charge is 0.356 e. The van der Waals surface area contributed by atoms with Crippen LogP contribution in [0.3, 0.4) is 0 Å². The van der Waals surface area contributed by atoms with E-state index in [2.05, 4.69) is 46.7 Å². The number of carbonyl (C=O) groups is 1. The summed E-state index contributed by atoms with van der Waals surface area (Å²) in [6.07, 6.45) is 5.19. The maximum absolute atomic E-state index is 13.2. The number of hydrogen-bond donors (Lipinski definition) is 0. The van der Waals surface area contributed by atoms with Gasteiger partial charge in [0.15, 0.2) is 0 Å². The molecule has 3 aromatic heterocycles. The van der Waals surface area contributed by atoms with Crippen molar-refractivity contribution in [1.29, 1.82) is 0 Å². The Morgan fingerprint density at radius 2 is 2.14 bits per heavy atom. The van der Waals surface area contributed by atoms with E-state index in [1.165, 1.54) is 20.7 Å². The van der Waals surface area contributed by atoms with E-state index >= 15 is 0 Å². The zero-order valence-electron chi connectivity index (χ0n) is 16.9. The molecule has 0 N–H and O–H groups in total. The molecule has 3 aromatic rings. The third kappa shape index (κ3) is 4.07. The van der Waals surface area contributed by atoms with E-state index in [0.717, 1.165) is 36.6 Å². The Kier molecular flexibility index (Phi) is 5.96. The van der Waals surface area contributed by atoms with Gasteiger partial charge in [-0.2, -0.15) is 0 Å². The minimum atomic E-state index is 0.0637. The highest BCUT2D eigenvalue weighted by atomic mass is 32.1. The van der Waals surface area contributed by atoms with Gasteiger partial charge in [0, 0.05) is 35.3 Å². The lowest BCUT2D eigenvalue weighted by Crippen LogP contribution is -2.42. The quantitative estimate of drug-likeness (QED) is 0.531. The van der Waals surface area contributed by atoms with Crippen molar-refractivity contribution in [2.45, 2.75) is 33.2 Å². The molecule has 0 bridgehead atoms. The summed E-state index contributed by atoms with van der Waals surface area (Å²) >= 11 is 3.42. The van der Waals surface area contributed by atoms with Crippen molar-refractivity contribution < 1.29 is 4.79 Å². The minimum absolute atomic E-state index is 0.0637. The molecular formula is C22H26N4OS2. The third-order valence-corrected chi connectivity index (χ3v) is 7.65. The van der Waals surface area contributed by atoms with Crippen LogP contribution >= 0.6 is 22.7 Å². The molecule has 4 rings (SSSR count). The van der Waals surface area contributed by atoms with Crippen molar-refractivity contribution in [3.63, 3.8) is 0 Å². The van der Waals surface area contributed by atoms with Gasteiger partial charge in [0.05, 0.1) is 11.9 Å². The summed E-state index contributed by atoms with van der Waals surface area (Å²) in [6, 6.07) is 4.12. The smallest absolute Gasteiger partial charge is 0.226 e. The molecule has 0 unspecified atom stereocenters. The zero-order chi connectivity index (χ0) is 20.4. The van der Waals surface area contributed by atoms with Crippen LogP contribution in [-0.4, -0.2) is 40.4 Å². The molecule has 29 heavy (non-hydrogen) atoms. The van der Waals surface area contributed by atoms with Gasteiger partial charge in [0.1, 0.15) is 17.0 Å². The molecule has 0 radical (unpaired) electrons. The number of piperidine rings is 1. The molecular weight excluding hydrogens is 400 g/mol. The standard InChI is InChI=1S/C22H26N4OS2/c1-4-9-26(13-18-6-5-12-28-18)22(27)17-7-10-25(11-8-17)20-19-15(2)16(3)29-21(19)24-14-23-20/h4-6,12,14,17H,1,7-11,13H2,2-3H3. The fraction of sp³-hybridized carbons (Fsp3) is 0.409. The van der Waals surface area contributed by atoms with Gasteiger partial charge in [-0.3, -0.25) is 4.79 Å². The van der Waals surface area contributed by atoms with Crippen LogP contribution in [0.1, 0.15) is 28.2 Å². The highest BCUT2D eigenvalue weighted by Gasteiger charge is 2.30. The van der Waals surface area contributed by atoms with Crippen molar-refractivity contribution in [2.75, 3.05) is 24.5 Å². The van der Waals surface area contributed by atoms with Crippen molar-refractivity contribution in [3.05, 3.63) is 51.8 Å². The lowest BCUT2D eigenvalue weighted by molar-refractivity contribution is -0.136. The predicted molar refractivity (Wildman–Crippen MR) is 122 cm³/mol. The number of rotatable bonds is 6. The molecule has 1 saturated heterocycles. The van der Waals surface area contributed by atoms with E-state index in [-0.39, 0.29) is 11.8 Å². The van der Waals surface area contributed by atoms with Crippen LogP contribution in [-0.2, 0) is 11.3 Å². The molecule has 5 nitrogen and oxygen atoms in total. The van der Waals surface area contributed by atoms with E-state index < -0.39 is 0 Å². The second kappa shape index (κ2) is 8.63. The molecule has 0 spiro atoms. The maximum Gasteiger partial charge on any atom is 0.226 e. The molecule has 7 heteroatoms. The first kappa shape index (κ1) is 20.0. The van der Waals surface area contributed by atoms with Crippen LogP contribution in [0.4, 0.5) is 5.82 Å². The van der Waals surface area contributed by atoms with Crippen molar-refractivity contribution in [3.8, 4) is 0 Å². The first-order valence-corrected chi connectivity index (χ1v) is 11.7. The molecule has 1 fully saturated rings. The highest BCUT2D eigenvalue weighted by Crippen LogP contribution is 2.35. The number of hydrogen-bond acceptors (Lipinski definition) is 6. The minimum Gasteiger partial charge on any atom is -0.356 e. The average Bonchev–Trinajstić information content (AvgIpc) is 3.35. The van der Waals surface area contributed by atoms with Gasteiger partial charge in [-0.25, -0.2) is 9.97 Å². The third-order valence-electron chi connectivity index (χ3n) is 5.68. The predicted octanol–water partition coefficient (Wildman–Crippen LogP) is 4.80. The lowest BCUT2D eigenvalue weighted by Gasteiger charge is -2.34.